The summed E-state index contributed by atoms with van der Waals surface area (Å²) in [4.78, 5) is 5.44. The maximum atomic E-state index is 6.04. The fourth-order valence-electron chi connectivity index (χ4n) is 2.82. The molecule has 0 aromatic carbocycles. The summed E-state index contributed by atoms with van der Waals surface area (Å²) in [5.41, 5.74) is 0.914. The van der Waals surface area contributed by atoms with Gasteiger partial charge < -0.3 is 23.8 Å². The zero-order valence-electron chi connectivity index (χ0n) is 12.3. The Balaban J connectivity index is 1.65. The average Bonchev–Trinajstić information content (AvgIpc) is 2.94. The lowest BCUT2D eigenvalue weighted by Crippen LogP contribution is -2.36. The summed E-state index contributed by atoms with van der Waals surface area (Å²) in [7, 11) is 0. The van der Waals surface area contributed by atoms with E-state index in [9.17, 15) is 0 Å². The third-order valence-electron chi connectivity index (χ3n) is 3.76. The third-order valence-corrected chi connectivity index (χ3v) is 3.76. The van der Waals surface area contributed by atoms with Crippen LogP contribution in [0.4, 0.5) is 0 Å². The molecule has 6 nitrogen and oxygen atoms in total. The smallest absolute Gasteiger partial charge is 0.187 e. The Morgan fingerprint density at radius 2 is 2.15 bits per heavy atom. The molecule has 114 valence electrons. The summed E-state index contributed by atoms with van der Waals surface area (Å²) in [6, 6.07) is 0. The van der Waals surface area contributed by atoms with E-state index < -0.39 is 12.1 Å². The van der Waals surface area contributed by atoms with E-state index in [1.807, 2.05) is 20.8 Å². The van der Waals surface area contributed by atoms with Crippen molar-refractivity contribution in [3.63, 3.8) is 0 Å². The Kier molecular flexibility index (Phi) is 3.99. The fourth-order valence-corrected chi connectivity index (χ4v) is 2.82. The Bertz CT molecular complexity index is 384. The summed E-state index contributed by atoms with van der Waals surface area (Å²) < 4.78 is 23.2. The lowest BCUT2D eigenvalue weighted by Gasteiger charge is -2.23. The van der Waals surface area contributed by atoms with Gasteiger partial charge in [-0.3, -0.25) is 0 Å². The SMILES string of the molecule is C[C@H]1OC(C)(C)O[C@H]1O[C@H]1COCCCC2CC1=NO2. The minimum Gasteiger partial charge on any atom is -0.392 e. The van der Waals surface area contributed by atoms with Crippen molar-refractivity contribution >= 4 is 5.71 Å². The van der Waals surface area contributed by atoms with Crippen LogP contribution in [0, 0.1) is 0 Å². The van der Waals surface area contributed by atoms with E-state index in [1.54, 1.807) is 0 Å². The van der Waals surface area contributed by atoms with E-state index in [4.69, 9.17) is 23.8 Å². The molecule has 0 amide bonds. The lowest BCUT2D eigenvalue weighted by atomic mass is 10.1. The highest BCUT2D eigenvalue weighted by Gasteiger charge is 2.42. The van der Waals surface area contributed by atoms with Crippen LogP contribution in [0.3, 0.4) is 0 Å². The van der Waals surface area contributed by atoms with Crippen LogP contribution in [0.2, 0.25) is 0 Å². The molecule has 3 rings (SSSR count). The second kappa shape index (κ2) is 5.60. The van der Waals surface area contributed by atoms with Gasteiger partial charge in [-0.25, -0.2) is 0 Å². The van der Waals surface area contributed by atoms with Crippen LogP contribution in [-0.4, -0.2) is 49.3 Å². The molecular weight excluding hydrogens is 262 g/mol. The van der Waals surface area contributed by atoms with Crippen molar-refractivity contribution in [1.29, 1.82) is 0 Å². The van der Waals surface area contributed by atoms with Gasteiger partial charge in [-0.1, -0.05) is 5.16 Å². The Morgan fingerprint density at radius 1 is 1.30 bits per heavy atom. The molecule has 20 heavy (non-hydrogen) atoms. The van der Waals surface area contributed by atoms with Crippen LogP contribution in [0.1, 0.15) is 40.0 Å². The first-order valence-electron chi connectivity index (χ1n) is 7.35. The van der Waals surface area contributed by atoms with Gasteiger partial charge in [0.05, 0.1) is 12.3 Å². The molecule has 3 heterocycles. The fraction of sp³-hybridized carbons (Fsp3) is 0.929. The topological polar surface area (TPSA) is 58.5 Å². The van der Waals surface area contributed by atoms with Crippen LogP contribution in [-0.2, 0) is 23.8 Å². The summed E-state index contributed by atoms with van der Waals surface area (Å²) >= 11 is 0. The van der Waals surface area contributed by atoms with Gasteiger partial charge in [0.15, 0.2) is 12.1 Å². The van der Waals surface area contributed by atoms with E-state index in [0.29, 0.717) is 6.61 Å². The normalized spacial score (nSPS) is 40.5. The second-order valence-corrected chi connectivity index (χ2v) is 6.07. The average molecular weight is 285 g/mol. The van der Waals surface area contributed by atoms with Gasteiger partial charge in [-0.2, -0.15) is 0 Å². The molecule has 0 aliphatic carbocycles. The minimum atomic E-state index is -0.611. The molecule has 2 fully saturated rings. The first-order chi connectivity index (χ1) is 9.53. The molecule has 0 spiro atoms. The highest BCUT2D eigenvalue weighted by Crippen LogP contribution is 2.30. The van der Waals surface area contributed by atoms with E-state index >= 15 is 0 Å². The maximum Gasteiger partial charge on any atom is 0.187 e. The van der Waals surface area contributed by atoms with E-state index in [0.717, 1.165) is 31.6 Å². The monoisotopic (exact) mass is 285 g/mol. The van der Waals surface area contributed by atoms with E-state index in [1.165, 1.54) is 0 Å². The van der Waals surface area contributed by atoms with Crippen LogP contribution < -0.4 is 0 Å². The third kappa shape index (κ3) is 3.14. The number of fused-ring (bicyclic) bond motifs is 2. The van der Waals surface area contributed by atoms with Crippen molar-refractivity contribution in [2.75, 3.05) is 13.2 Å². The molecule has 3 aliphatic rings. The van der Waals surface area contributed by atoms with Crippen molar-refractivity contribution in [2.45, 2.75) is 70.4 Å². The van der Waals surface area contributed by atoms with Crippen molar-refractivity contribution in [2.24, 2.45) is 5.16 Å². The summed E-state index contributed by atoms with van der Waals surface area (Å²) in [6.07, 6.45) is 2.23. The molecule has 0 N–H and O–H groups in total. The lowest BCUT2D eigenvalue weighted by molar-refractivity contribution is -0.201. The predicted molar refractivity (Wildman–Crippen MR) is 71.4 cm³/mol. The second-order valence-electron chi connectivity index (χ2n) is 6.07. The quantitative estimate of drug-likeness (QED) is 0.774. The highest BCUT2D eigenvalue weighted by atomic mass is 16.8. The first-order valence-corrected chi connectivity index (χ1v) is 7.35. The summed E-state index contributed by atoms with van der Waals surface area (Å²) in [6.45, 7) is 6.95. The standard InChI is InChI=1S/C14H23NO5/c1-9-13(19-14(2,3)18-9)17-12-8-16-6-4-5-10-7-11(12)15-20-10/h9-10,12-13H,4-8H2,1-3H3/t9-,10?,12+,13-/m1/s1. The number of nitrogens with zero attached hydrogens (tertiary/aromatic N) is 1. The Morgan fingerprint density at radius 3 is 2.90 bits per heavy atom. The molecule has 2 bridgehead atoms. The number of oxime groups is 1. The molecule has 1 unspecified atom stereocenters. The van der Waals surface area contributed by atoms with Gasteiger partial charge >= 0.3 is 0 Å². The van der Waals surface area contributed by atoms with Crippen molar-refractivity contribution in [3.05, 3.63) is 0 Å². The van der Waals surface area contributed by atoms with Gasteiger partial charge in [-0.15, -0.1) is 0 Å². The van der Waals surface area contributed by atoms with Gasteiger partial charge in [0.2, 0.25) is 0 Å². The molecule has 0 aromatic rings. The summed E-state index contributed by atoms with van der Waals surface area (Å²) in [5, 5.41) is 4.16. The number of hydrogen-bond acceptors (Lipinski definition) is 6. The van der Waals surface area contributed by atoms with Crippen molar-refractivity contribution < 1.29 is 23.8 Å². The molecule has 0 saturated carbocycles. The van der Waals surface area contributed by atoms with Gasteiger partial charge in [0.25, 0.3) is 0 Å². The summed E-state index contributed by atoms with van der Waals surface area (Å²) in [5.74, 6) is -0.611. The Hall–Kier alpha value is -0.690. The molecular formula is C14H23NO5. The first kappa shape index (κ1) is 14.3. The van der Waals surface area contributed by atoms with Crippen molar-refractivity contribution in [1.82, 2.24) is 0 Å². The van der Waals surface area contributed by atoms with Crippen LogP contribution in [0.5, 0.6) is 0 Å². The number of rotatable bonds is 2. The van der Waals surface area contributed by atoms with E-state index in [2.05, 4.69) is 5.16 Å². The van der Waals surface area contributed by atoms with E-state index in [-0.39, 0.29) is 18.3 Å². The molecule has 3 aliphatic heterocycles. The molecule has 2 saturated heterocycles. The van der Waals surface area contributed by atoms with Crippen LogP contribution in [0.25, 0.3) is 0 Å². The zero-order valence-corrected chi connectivity index (χ0v) is 12.3. The molecule has 0 aromatic heterocycles. The van der Waals surface area contributed by atoms with Crippen molar-refractivity contribution in [3.8, 4) is 0 Å². The van der Waals surface area contributed by atoms with Gasteiger partial charge in [-0.05, 0) is 33.6 Å². The molecule has 4 atom stereocenters. The number of ether oxygens (including phenoxy) is 4. The maximum absolute atomic E-state index is 6.04. The molecule has 6 heteroatoms. The Labute approximate surface area is 119 Å². The molecule has 0 radical (unpaired) electrons. The van der Waals surface area contributed by atoms with Crippen LogP contribution >= 0.6 is 0 Å². The largest absolute Gasteiger partial charge is 0.392 e. The van der Waals surface area contributed by atoms with Gasteiger partial charge in [0, 0.05) is 13.0 Å². The predicted octanol–water partition coefficient (Wildman–Crippen LogP) is 1.82. The highest BCUT2D eigenvalue weighted by molar-refractivity contribution is 5.89. The number of hydrogen-bond donors (Lipinski definition) is 0. The van der Waals surface area contributed by atoms with Crippen LogP contribution in [0.15, 0.2) is 5.16 Å². The zero-order chi connectivity index (χ0) is 14.2. The minimum absolute atomic E-state index is 0.114. The van der Waals surface area contributed by atoms with Gasteiger partial charge in [0.1, 0.15) is 18.3 Å².